The molecule has 2 rings (SSSR count). The van der Waals surface area contributed by atoms with Gasteiger partial charge in [-0.25, -0.2) is 4.98 Å². The lowest BCUT2D eigenvalue weighted by Crippen LogP contribution is -2.18. The van der Waals surface area contributed by atoms with Gasteiger partial charge in [-0.05, 0) is 25.1 Å². The van der Waals surface area contributed by atoms with E-state index < -0.39 is 0 Å². The van der Waals surface area contributed by atoms with Crippen molar-refractivity contribution in [3.05, 3.63) is 24.0 Å². The van der Waals surface area contributed by atoms with Gasteiger partial charge >= 0.3 is 0 Å². The molecule has 2 aromatic rings. The molecule has 0 aliphatic carbocycles. The van der Waals surface area contributed by atoms with Gasteiger partial charge < -0.3 is 20.5 Å². The van der Waals surface area contributed by atoms with Crippen LogP contribution in [0.3, 0.4) is 0 Å². The molecule has 1 heterocycles. The summed E-state index contributed by atoms with van der Waals surface area (Å²) in [6.07, 6.45) is 0. The lowest BCUT2D eigenvalue weighted by atomic mass is 10.2. The van der Waals surface area contributed by atoms with E-state index in [1.54, 1.807) is 12.1 Å². The number of imidazole rings is 1. The van der Waals surface area contributed by atoms with Crippen molar-refractivity contribution in [1.29, 1.82) is 0 Å². The normalized spacial score (nSPS) is 11.5. The fourth-order valence-electron chi connectivity index (χ4n) is 1.92. The molecule has 16 heavy (non-hydrogen) atoms. The summed E-state index contributed by atoms with van der Waals surface area (Å²) in [5.41, 5.74) is 7.99. The quantitative estimate of drug-likeness (QED) is 0.657. The van der Waals surface area contributed by atoms with Gasteiger partial charge in [-0.15, -0.1) is 0 Å². The largest absolute Gasteiger partial charge is 0.399 e. The molecule has 0 spiro atoms. The molecule has 0 atom stereocenters. The van der Waals surface area contributed by atoms with Gasteiger partial charge in [0.05, 0.1) is 30.3 Å². The van der Waals surface area contributed by atoms with E-state index in [4.69, 9.17) is 5.73 Å². The van der Waals surface area contributed by atoms with Gasteiger partial charge in [0.25, 0.3) is 0 Å². The fraction of sp³-hybridized carbons (Fsp3) is 0.364. The van der Waals surface area contributed by atoms with Gasteiger partial charge in [0.15, 0.2) is 0 Å². The summed E-state index contributed by atoms with van der Waals surface area (Å²) in [6.45, 7) is 1.61. The van der Waals surface area contributed by atoms with E-state index >= 15 is 0 Å². The number of nitrogens with zero attached hydrogens (tertiary/aromatic N) is 2. The average Bonchev–Trinajstić information content (AvgIpc) is 2.57. The maximum atomic E-state index is 9.20. The Kier molecular flexibility index (Phi) is 2.80. The highest BCUT2D eigenvalue weighted by molar-refractivity contribution is 5.79. The SMILES string of the molecule is Cc1nc2cc(N)ccc2n1C(CO)CO. The molecular weight excluding hydrogens is 206 g/mol. The van der Waals surface area contributed by atoms with E-state index in [1.807, 2.05) is 17.6 Å². The van der Waals surface area contributed by atoms with E-state index in [0.29, 0.717) is 5.69 Å². The van der Waals surface area contributed by atoms with Crippen LogP contribution in [0.5, 0.6) is 0 Å². The zero-order valence-electron chi connectivity index (χ0n) is 9.09. The number of benzene rings is 1. The lowest BCUT2D eigenvalue weighted by Gasteiger charge is -2.15. The average molecular weight is 221 g/mol. The molecule has 0 amide bonds. The highest BCUT2D eigenvalue weighted by Gasteiger charge is 2.15. The number of aryl methyl sites for hydroxylation is 1. The molecular formula is C11H15N3O2. The molecule has 5 nitrogen and oxygen atoms in total. The summed E-state index contributed by atoms with van der Waals surface area (Å²) >= 11 is 0. The van der Waals surface area contributed by atoms with E-state index in [9.17, 15) is 10.2 Å². The van der Waals surface area contributed by atoms with Crippen molar-refractivity contribution in [2.75, 3.05) is 18.9 Å². The van der Waals surface area contributed by atoms with Crippen molar-refractivity contribution in [1.82, 2.24) is 9.55 Å². The third kappa shape index (κ3) is 1.64. The van der Waals surface area contributed by atoms with Crippen LogP contribution in [0.4, 0.5) is 5.69 Å². The molecule has 4 N–H and O–H groups in total. The summed E-state index contributed by atoms with van der Waals surface area (Å²) < 4.78 is 1.83. The number of hydrogen-bond acceptors (Lipinski definition) is 4. The van der Waals surface area contributed by atoms with Crippen LogP contribution in [-0.4, -0.2) is 33.0 Å². The van der Waals surface area contributed by atoms with Gasteiger partial charge in [0, 0.05) is 5.69 Å². The van der Waals surface area contributed by atoms with E-state index in [0.717, 1.165) is 16.9 Å². The van der Waals surface area contributed by atoms with Crippen LogP contribution in [0.1, 0.15) is 11.9 Å². The monoisotopic (exact) mass is 221 g/mol. The van der Waals surface area contributed by atoms with Gasteiger partial charge in [-0.2, -0.15) is 0 Å². The number of aliphatic hydroxyl groups is 2. The van der Waals surface area contributed by atoms with Crippen LogP contribution in [0.15, 0.2) is 18.2 Å². The molecule has 0 saturated carbocycles. The molecule has 0 aliphatic rings. The van der Waals surface area contributed by atoms with Crippen molar-refractivity contribution in [3.8, 4) is 0 Å². The lowest BCUT2D eigenvalue weighted by molar-refractivity contribution is 0.155. The van der Waals surface area contributed by atoms with Crippen molar-refractivity contribution >= 4 is 16.7 Å². The highest BCUT2D eigenvalue weighted by Crippen LogP contribution is 2.22. The van der Waals surface area contributed by atoms with Crippen molar-refractivity contribution < 1.29 is 10.2 Å². The number of hydrogen-bond donors (Lipinski definition) is 3. The fourth-order valence-corrected chi connectivity index (χ4v) is 1.92. The molecule has 0 saturated heterocycles. The summed E-state index contributed by atoms with van der Waals surface area (Å²) in [4.78, 5) is 4.35. The van der Waals surface area contributed by atoms with Crippen molar-refractivity contribution in [3.63, 3.8) is 0 Å². The Bertz CT molecular complexity index is 503. The molecule has 0 radical (unpaired) electrons. The zero-order valence-corrected chi connectivity index (χ0v) is 9.09. The topological polar surface area (TPSA) is 84.3 Å². The number of anilines is 1. The minimum absolute atomic E-state index is 0.118. The number of nitrogens with two attached hydrogens (primary N) is 1. The first-order chi connectivity index (χ1) is 7.67. The Morgan fingerprint density at radius 2 is 2.06 bits per heavy atom. The van der Waals surface area contributed by atoms with Crippen molar-refractivity contribution in [2.45, 2.75) is 13.0 Å². The van der Waals surface area contributed by atoms with Crippen molar-refractivity contribution in [2.24, 2.45) is 0 Å². The number of nitrogen functional groups attached to an aromatic ring is 1. The van der Waals surface area contributed by atoms with Gasteiger partial charge in [0.2, 0.25) is 0 Å². The van der Waals surface area contributed by atoms with E-state index in [2.05, 4.69) is 4.98 Å². The van der Waals surface area contributed by atoms with E-state index in [-0.39, 0.29) is 19.3 Å². The van der Waals surface area contributed by atoms with Crippen LogP contribution in [0, 0.1) is 6.92 Å². The van der Waals surface area contributed by atoms with Gasteiger partial charge in [0.1, 0.15) is 5.82 Å². The Morgan fingerprint density at radius 3 is 2.69 bits per heavy atom. The molecule has 0 fully saturated rings. The number of rotatable bonds is 3. The highest BCUT2D eigenvalue weighted by atomic mass is 16.3. The first-order valence-corrected chi connectivity index (χ1v) is 5.13. The van der Waals surface area contributed by atoms with Crippen LogP contribution in [0.25, 0.3) is 11.0 Å². The van der Waals surface area contributed by atoms with Crippen LogP contribution in [0.2, 0.25) is 0 Å². The predicted octanol–water partition coefficient (Wildman–Crippen LogP) is 0.453. The van der Waals surface area contributed by atoms with Crippen LogP contribution in [-0.2, 0) is 0 Å². The molecule has 86 valence electrons. The summed E-state index contributed by atoms with van der Waals surface area (Å²) in [6, 6.07) is 5.06. The number of fused-ring (bicyclic) bond motifs is 1. The smallest absolute Gasteiger partial charge is 0.107 e. The molecule has 1 aromatic heterocycles. The Labute approximate surface area is 93.1 Å². The van der Waals surface area contributed by atoms with Gasteiger partial charge in [-0.1, -0.05) is 0 Å². The predicted molar refractivity (Wildman–Crippen MR) is 62.1 cm³/mol. The van der Waals surface area contributed by atoms with Crippen LogP contribution < -0.4 is 5.73 Å². The molecule has 5 heteroatoms. The maximum absolute atomic E-state index is 9.20. The summed E-state index contributed by atoms with van der Waals surface area (Å²) in [7, 11) is 0. The number of aromatic nitrogens is 2. The molecule has 0 aliphatic heterocycles. The first-order valence-electron chi connectivity index (χ1n) is 5.13. The minimum atomic E-state index is -0.353. The number of aliphatic hydroxyl groups excluding tert-OH is 2. The summed E-state index contributed by atoms with van der Waals surface area (Å²) in [5.74, 6) is 0.758. The zero-order chi connectivity index (χ0) is 11.7. The Balaban J connectivity index is 2.64. The maximum Gasteiger partial charge on any atom is 0.107 e. The molecule has 1 aromatic carbocycles. The molecule has 0 unspecified atom stereocenters. The standard InChI is InChI=1S/C11H15N3O2/c1-7-13-10-4-8(12)2-3-11(10)14(7)9(5-15)6-16/h2-4,9,15-16H,5-6,12H2,1H3. The second kappa shape index (κ2) is 4.11. The first kappa shape index (κ1) is 10.9. The summed E-state index contributed by atoms with van der Waals surface area (Å²) in [5, 5.41) is 18.4. The van der Waals surface area contributed by atoms with Crippen LogP contribution >= 0.6 is 0 Å². The Hall–Kier alpha value is -1.59. The third-order valence-electron chi connectivity index (χ3n) is 2.68. The second-order valence-corrected chi connectivity index (χ2v) is 3.80. The van der Waals surface area contributed by atoms with E-state index in [1.165, 1.54) is 0 Å². The minimum Gasteiger partial charge on any atom is -0.399 e. The molecule has 0 bridgehead atoms. The van der Waals surface area contributed by atoms with Gasteiger partial charge in [-0.3, -0.25) is 0 Å². The second-order valence-electron chi connectivity index (χ2n) is 3.80. The third-order valence-corrected chi connectivity index (χ3v) is 2.68. The Morgan fingerprint density at radius 1 is 1.38 bits per heavy atom.